The van der Waals surface area contributed by atoms with Crippen molar-refractivity contribution in [3.63, 3.8) is 0 Å². The minimum absolute atomic E-state index is 0.377. The number of anilines is 1. The van der Waals surface area contributed by atoms with Crippen molar-refractivity contribution in [2.45, 2.75) is 13.5 Å². The van der Waals surface area contributed by atoms with E-state index in [4.69, 9.17) is 10.5 Å². The highest BCUT2D eigenvalue weighted by Gasteiger charge is 2.02. The molecule has 3 N–H and O–H groups in total. The molecule has 0 spiro atoms. The zero-order chi connectivity index (χ0) is 15.8. The molecule has 0 heterocycles. The Morgan fingerprint density at radius 3 is 2.68 bits per heavy atom. The highest BCUT2D eigenvalue weighted by Crippen LogP contribution is 2.19. The molecule has 0 unspecified atom stereocenters. The average Bonchev–Trinajstić information content (AvgIpc) is 2.54. The van der Waals surface area contributed by atoms with E-state index < -0.39 is 0 Å². The van der Waals surface area contributed by atoms with Crippen molar-refractivity contribution in [1.82, 2.24) is 0 Å². The van der Waals surface area contributed by atoms with Gasteiger partial charge in [-0.05, 0) is 25.1 Å². The third kappa shape index (κ3) is 4.66. The first-order valence-corrected chi connectivity index (χ1v) is 7.14. The second kappa shape index (κ2) is 7.88. The van der Waals surface area contributed by atoms with Gasteiger partial charge in [0.05, 0.1) is 6.54 Å². The summed E-state index contributed by atoms with van der Waals surface area (Å²) in [6.07, 6.45) is 1.72. The number of ether oxygens (including phenoxy) is 1. The Hall–Kier alpha value is -2.75. The van der Waals surface area contributed by atoms with Crippen LogP contribution in [0.1, 0.15) is 11.1 Å². The van der Waals surface area contributed by atoms with Crippen molar-refractivity contribution in [3.05, 3.63) is 72.3 Å². The van der Waals surface area contributed by atoms with Gasteiger partial charge in [0.15, 0.2) is 5.96 Å². The molecule has 22 heavy (non-hydrogen) atoms. The third-order valence-corrected chi connectivity index (χ3v) is 3.07. The molecule has 0 radical (unpaired) electrons. The van der Waals surface area contributed by atoms with Crippen LogP contribution in [-0.4, -0.2) is 12.6 Å². The molecule has 0 amide bonds. The van der Waals surface area contributed by atoms with E-state index in [2.05, 4.69) is 16.9 Å². The van der Waals surface area contributed by atoms with Gasteiger partial charge in [-0.3, -0.25) is 0 Å². The predicted octanol–water partition coefficient (Wildman–Crippen LogP) is 3.49. The standard InChI is InChI=1S/C18H21N3O/c1-3-12-22-17-7-5-4-6-15(17)13-20-18(19)21-16-10-8-14(2)9-11-16/h3-11H,1,12-13H2,2H3,(H3,19,20,21). The summed E-state index contributed by atoms with van der Waals surface area (Å²) < 4.78 is 5.60. The molecule has 0 fully saturated rings. The molecule has 2 aromatic carbocycles. The fraction of sp³-hybridized carbons (Fsp3) is 0.167. The van der Waals surface area contributed by atoms with Gasteiger partial charge < -0.3 is 15.8 Å². The monoisotopic (exact) mass is 295 g/mol. The van der Waals surface area contributed by atoms with Crippen LogP contribution in [0.25, 0.3) is 0 Å². The summed E-state index contributed by atoms with van der Waals surface area (Å²) in [6, 6.07) is 15.8. The van der Waals surface area contributed by atoms with Crippen molar-refractivity contribution >= 4 is 11.6 Å². The Morgan fingerprint density at radius 2 is 1.95 bits per heavy atom. The second-order valence-electron chi connectivity index (χ2n) is 4.90. The largest absolute Gasteiger partial charge is 0.489 e. The number of aryl methyl sites for hydroxylation is 1. The number of aliphatic imine (C=N–C) groups is 1. The van der Waals surface area contributed by atoms with Crippen molar-refractivity contribution in [1.29, 1.82) is 0 Å². The van der Waals surface area contributed by atoms with Crippen LogP contribution in [0.2, 0.25) is 0 Å². The topological polar surface area (TPSA) is 59.6 Å². The van der Waals surface area contributed by atoms with E-state index in [1.54, 1.807) is 6.08 Å². The number of hydrogen-bond acceptors (Lipinski definition) is 2. The van der Waals surface area contributed by atoms with Crippen LogP contribution >= 0.6 is 0 Å². The number of nitrogens with one attached hydrogen (secondary N) is 1. The summed E-state index contributed by atoms with van der Waals surface area (Å²) in [5.74, 6) is 1.18. The summed E-state index contributed by atoms with van der Waals surface area (Å²) in [7, 11) is 0. The van der Waals surface area contributed by atoms with Crippen molar-refractivity contribution in [2.24, 2.45) is 10.7 Å². The van der Waals surface area contributed by atoms with Gasteiger partial charge >= 0.3 is 0 Å². The summed E-state index contributed by atoms with van der Waals surface area (Å²) in [5, 5.41) is 3.07. The first-order valence-electron chi connectivity index (χ1n) is 7.14. The summed E-state index contributed by atoms with van der Waals surface area (Å²) in [5.41, 5.74) is 9.03. The smallest absolute Gasteiger partial charge is 0.193 e. The van der Waals surface area contributed by atoms with E-state index in [9.17, 15) is 0 Å². The van der Waals surface area contributed by atoms with Gasteiger partial charge in [-0.25, -0.2) is 4.99 Å². The Kier molecular flexibility index (Phi) is 5.60. The number of nitrogens with two attached hydrogens (primary N) is 1. The first kappa shape index (κ1) is 15.6. The molecule has 4 nitrogen and oxygen atoms in total. The van der Waals surface area contributed by atoms with Gasteiger partial charge in [0.1, 0.15) is 12.4 Å². The number of guanidine groups is 1. The number of nitrogens with zero attached hydrogens (tertiary/aromatic N) is 1. The zero-order valence-electron chi connectivity index (χ0n) is 12.8. The Balaban J connectivity index is 2.01. The molecule has 0 aliphatic carbocycles. The second-order valence-corrected chi connectivity index (χ2v) is 4.90. The number of hydrogen-bond donors (Lipinski definition) is 2. The zero-order valence-corrected chi connectivity index (χ0v) is 12.8. The van der Waals surface area contributed by atoms with E-state index in [-0.39, 0.29) is 0 Å². The molecule has 0 aliphatic rings. The highest BCUT2D eigenvalue weighted by atomic mass is 16.5. The molecule has 114 valence electrons. The summed E-state index contributed by atoms with van der Waals surface area (Å²) in [4.78, 5) is 4.36. The fourth-order valence-electron chi connectivity index (χ4n) is 1.92. The predicted molar refractivity (Wildman–Crippen MR) is 92.3 cm³/mol. The van der Waals surface area contributed by atoms with Crippen LogP contribution in [0.3, 0.4) is 0 Å². The van der Waals surface area contributed by atoms with Crippen molar-refractivity contribution in [3.8, 4) is 5.75 Å². The lowest BCUT2D eigenvalue weighted by Gasteiger charge is -2.09. The molecule has 0 saturated carbocycles. The van der Waals surface area contributed by atoms with E-state index in [1.807, 2.05) is 55.5 Å². The van der Waals surface area contributed by atoms with E-state index in [0.29, 0.717) is 19.1 Å². The van der Waals surface area contributed by atoms with Crippen LogP contribution < -0.4 is 15.8 Å². The van der Waals surface area contributed by atoms with E-state index >= 15 is 0 Å². The van der Waals surface area contributed by atoms with Crippen molar-refractivity contribution < 1.29 is 4.74 Å². The van der Waals surface area contributed by atoms with Crippen LogP contribution in [0.15, 0.2) is 66.2 Å². The molecular formula is C18H21N3O. The highest BCUT2D eigenvalue weighted by molar-refractivity contribution is 5.92. The quantitative estimate of drug-likeness (QED) is 0.487. The van der Waals surface area contributed by atoms with Gasteiger partial charge in [-0.15, -0.1) is 0 Å². The van der Waals surface area contributed by atoms with Gasteiger partial charge in [0.2, 0.25) is 0 Å². The van der Waals surface area contributed by atoms with Crippen LogP contribution in [0.5, 0.6) is 5.75 Å². The molecule has 0 aliphatic heterocycles. The fourth-order valence-corrected chi connectivity index (χ4v) is 1.92. The lowest BCUT2D eigenvalue weighted by atomic mass is 10.2. The van der Waals surface area contributed by atoms with Gasteiger partial charge in [0, 0.05) is 11.3 Å². The molecule has 0 bridgehead atoms. The Bertz CT molecular complexity index is 648. The maximum atomic E-state index is 5.92. The molecule has 0 aromatic heterocycles. The van der Waals surface area contributed by atoms with E-state index in [1.165, 1.54) is 5.56 Å². The van der Waals surface area contributed by atoms with Crippen LogP contribution in [0.4, 0.5) is 5.69 Å². The molecular weight excluding hydrogens is 274 g/mol. The maximum absolute atomic E-state index is 5.92. The lowest BCUT2D eigenvalue weighted by molar-refractivity contribution is 0.359. The number of rotatable bonds is 6. The van der Waals surface area contributed by atoms with Gasteiger partial charge in [0.25, 0.3) is 0 Å². The minimum atomic E-state index is 0.377. The Morgan fingerprint density at radius 1 is 1.23 bits per heavy atom. The van der Waals surface area contributed by atoms with Gasteiger partial charge in [-0.1, -0.05) is 48.6 Å². The summed E-state index contributed by atoms with van der Waals surface area (Å²) >= 11 is 0. The molecule has 0 saturated heterocycles. The Labute approximate surface area is 131 Å². The van der Waals surface area contributed by atoms with Crippen molar-refractivity contribution in [2.75, 3.05) is 11.9 Å². The number of para-hydroxylation sites is 1. The SMILES string of the molecule is C=CCOc1ccccc1CN=C(N)Nc1ccc(C)cc1. The molecule has 2 aromatic rings. The molecule has 4 heteroatoms. The lowest BCUT2D eigenvalue weighted by Crippen LogP contribution is -2.22. The van der Waals surface area contributed by atoms with E-state index in [0.717, 1.165) is 17.0 Å². The molecule has 0 atom stereocenters. The van der Waals surface area contributed by atoms with Gasteiger partial charge in [-0.2, -0.15) is 0 Å². The third-order valence-electron chi connectivity index (χ3n) is 3.07. The first-order chi connectivity index (χ1) is 10.7. The summed E-state index contributed by atoms with van der Waals surface area (Å²) in [6.45, 7) is 6.62. The van der Waals surface area contributed by atoms with Crippen LogP contribution in [-0.2, 0) is 6.54 Å². The molecule has 2 rings (SSSR count). The number of benzene rings is 2. The average molecular weight is 295 g/mol. The minimum Gasteiger partial charge on any atom is -0.489 e. The maximum Gasteiger partial charge on any atom is 0.193 e. The van der Waals surface area contributed by atoms with Crippen LogP contribution in [0, 0.1) is 6.92 Å². The normalized spacial score (nSPS) is 11.0.